The van der Waals surface area contributed by atoms with Gasteiger partial charge in [-0.15, -0.1) is 0 Å². The first kappa shape index (κ1) is 22.7. The molecule has 8 heteroatoms. The second-order valence-corrected chi connectivity index (χ2v) is 9.04. The summed E-state index contributed by atoms with van der Waals surface area (Å²) in [7, 11) is -3.64. The van der Waals surface area contributed by atoms with Gasteiger partial charge in [-0.05, 0) is 30.2 Å². The molecule has 3 aromatic rings. The van der Waals surface area contributed by atoms with Crippen LogP contribution in [0.25, 0.3) is 11.3 Å². The first-order valence-corrected chi connectivity index (χ1v) is 11.9. The van der Waals surface area contributed by atoms with Crippen LogP contribution >= 0.6 is 0 Å². The molecule has 164 valence electrons. The molecule has 1 aromatic heterocycles. The Morgan fingerprint density at radius 1 is 1.06 bits per heavy atom. The number of imidazole rings is 1. The summed E-state index contributed by atoms with van der Waals surface area (Å²) in [6.07, 6.45) is 2.38. The van der Waals surface area contributed by atoms with Crippen LogP contribution in [0.5, 0.6) is 0 Å². The average Bonchev–Trinajstić information content (AvgIpc) is 3.29. The number of carbonyl (C=O) groups is 1. The number of hydrogen-bond acceptors (Lipinski definition) is 4. The SMILES string of the molecule is CCC(NC(=O)c1cccc(S(=O)(=O)N(CC)CC)c1)c1ncc(-c2ccccc2)[nH]1. The van der Waals surface area contributed by atoms with E-state index in [1.807, 2.05) is 37.3 Å². The average molecular weight is 441 g/mol. The topological polar surface area (TPSA) is 95.2 Å². The van der Waals surface area contributed by atoms with Crippen LogP contribution in [-0.2, 0) is 10.0 Å². The molecule has 0 radical (unpaired) electrons. The van der Waals surface area contributed by atoms with E-state index in [4.69, 9.17) is 0 Å². The van der Waals surface area contributed by atoms with Crippen LogP contribution in [0.2, 0.25) is 0 Å². The Morgan fingerprint density at radius 3 is 2.42 bits per heavy atom. The maximum Gasteiger partial charge on any atom is 0.251 e. The fraction of sp³-hybridized carbons (Fsp3) is 0.304. The highest BCUT2D eigenvalue weighted by atomic mass is 32.2. The lowest BCUT2D eigenvalue weighted by atomic mass is 10.1. The van der Waals surface area contributed by atoms with Gasteiger partial charge in [0, 0.05) is 18.7 Å². The van der Waals surface area contributed by atoms with Crippen molar-refractivity contribution in [1.82, 2.24) is 19.6 Å². The summed E-state index contributed by atoms with van der Waals surface area (Å²) in [6, 6.07) is 15.6. The maximum atomic E-state index is 12.9. The van der Waals surface area contributed by atoms with Gasteiger partial charge in [0.25, 0.3) is 5.91 Å². The van der Waals surface area contributed by atoms with Crippen LogP contribution in [0.15, 0.2) is 65.7 Å². The van der Waals surface area contributed by atoms with Crippen LogP contribution < -0.4 is 5.32 Å². The molecule has 0 aliphatic heterocycles. The number of sulfonamides is 1. The van der Waals surface area contributed by atoms with Crippen LogP contribution in [0.3, 0.4) is 0 Å². The third-order valence-corrected chi connectivity index (χ3v) is 7.21. The lowest BCUT2D eigenvalue weighted by Crippen LogP contribution is -2.31. The molecule has 0 saturated carbocycles. The van der Waals surface area contributed by atoms with E-state index in [9.17, 15) is 13.2 Å². The Morgan fingerprint density at radius 2 is 1.77 bits per heavy atom. The van der Waals surface area contributed by atoms with E-state index in [1.54, 1.807) is 32.2 Å². The van der Waals surface area contributed by atoms with Crippen LogP contribution in [0, 0.1) is 0 Å². The third-order valence-electron chi connectivity index (χ3n) is 5.16. The molecule has 1 amide bonds. The van der Waals surface area contributed by atoms with Crippen molar-refractivity contribution in [2.45, 2.75) is 38.1 Å². The number of H-pyrrole nitrogens is 1. The summed E-state index contributed by atoms with van der Waals surface area (Å²) < 4.78 is 26.9. The molecule has 0 aliphatic carbocycles. The number of hydrogen-bond donors (Lipinski definition) is 2. The van der Waals surface area contributed by atoms with E-state index in [0.29, 0.717) is 30.9 Å². The van der Waals surface area contributed by atoms with Gasteiger partial charge in [-0.2, -0.15) is 4.31 Å². The fourth-order valence-electron chi connectivity index (χ4n) is 3.39. The van der Waals surface area contributed by atoms with Gasteiger partial charge in [-0.1, -0.05) is 57.2 Å². The number of aromatic nitrogens is 2. The van der Waals surface area contributed by atoms with Gasteiger partial charge in [0.05, 0.1) is 22.8 Å². The molecule has 1 unspecified atom stereocenters. The zero-order valence-corrected chi connectivity index (χ0v) is 18.8. The molecule has 0 fully saturated rings. The van der Waals surface area contributed by atoms with Crippen LogP contribution in [0.4, 0.5) is 0 Å². The smallest absolute Gasteiger partial charge is 0.251 e. The molecule has 0 aliphatic rings. The van der Waals surface area contributed by atoms with E-state index in [0.717, 1.165) is 11.3 Å². The van der Waals surface area contributed by atoms with Gasteiger partial charge in [0.15, 0.2) is 0 Å². The van der Waals surface area contributed by atoms with Crippen molar-refractivity contribution in [2.24, 2.45) is 0 Å². The van der Waals surface area contributed by atoms with Crippen molar-refractivity contribution in [3.63, 3.8) is 0 Å². The van der Waals surface area contributed by atoms with Crippen molar-refractivity contribution in [3.8, 4) is 11.3 Å². The van der Waals surface area contributed by atoms with Crippen LogP contribution in [-0.4, -0.2) is 41.7 Å². The lowest BCUT2D eigenvalue weighted by Gasteiger charge is -2.19. The van der Waals surface area contributed by atoms with Crippen LogP contribution in [0.1, 0.15) is 49.4 Å². The number of nitrogens with one attached hydrogen (secondary N) is 2. The highest BCUT2D eigenvalue weighted by Crippen LogP contribution is 2.22. The Hall–Kier alpha value is -2.97. The molecular formula is C23H28N4O3S. The Balaban J connectivity index is 1.80. The third kappa shape index (κ3) is 5.03. The molecule has 0 saturated heterocycles. The highest BCUT2D eigenvalue weighted by Gasteiger charge is 2.23. The number of rotatable bonds is 9. The molecule has 7 nitrogen and oxygen atoms in total. The lowest BCUT2D eigenvalue weighted by molar-refractivity contribution is 0.0933. The van der Waals surface area contributed by atoms with E-state index in [2.05, 4.69) is 15.3 Å². The molecule has 31 heavy (non-hydrogen) atoms. The van der Waals surface area contributed by atoms with Crippen molar-refractivity contribution < 1.29 is 13.2 Å². The van der Waals surface area contributed by atoms with E-state index in [-0.39, 0.29) is 16.8 Å². The number of benzene rings is 2. The second-order valence-electron chi connectivity index (χ2n) is 7.10. The number of nitrogens with zero attached hydrogens (tertiary/aromatic N) is 2. The molecule has 2 N–H and O–H groups in total. The molecule has 2 aromatic carbocycles. The Kier molecular flexibility index (Phi) is 7.25. The molecule has 0 bridgehead atoms. The highest BCUT2D eigenvalue weighted by molar-refractivity contribution is 7.89. The monoisotopic (exact) mass is 440 g/mol. The van der Waals surface area contributed by atoms with Gasteiger partial charge in [-0.25, -0.2) is 13.4 Å². The van der Waals surface area contributed by atoms with Gasteiger partial charge in [-0.3, -0.25) is 4.79 Å². The molecule has 1 atom stereocenters. The minimum Gasteiger partial charge on any atom is -0.342 e. The predicted octanol–water partition coefficient (Wildman–Crippen LogP) is 3.99. The van der Waals surface area contributed by atoms with Gasteiger partial charge in [0.1, 0.15) is 5.82 Å². The fourth-order valence-corrected chi connectivity index (χ4v) is 4.90. The van der Waals surface area contributed by atoms with E-state index >= 15 is 0 Å². The summed E-state index contributed by atoms with van der Waals surface area (Å²) in [5, 5.41) is 2.96. The Labute approximate surface area is 183 Å². The second kappa shape index (κ2) is 9.89. The van der Waals surface area contributed by atoms with Crippen molar-refractivity contribution in [1.29, 1.82) is 0 Å². The summed E-state index contributed by atoms with van der Waals surface area (Å²) in [6.45, 7) is 6.27. The first-order valence-electron chi connectivity index (χ1n) is 10.4. The van der Waals surface area contributed by atoms with Crippen molar-refractivity contribution >= 4 is 15.9 Å². The van der Waals surface area contributed by atoms with Crippen molar-refractivity contribution in [2.75, 3.05) is 13.1 Å². The summed E-state index contributed by atoms with van der Waals surface area (Å²) in [5.74, 6) is 0.308. The summed E-state index contributed by atoms with van der Waals surface area (Å²) in [5.41, 5.74) is 2.17. The van der Waals surface area contributed by atoms with Gasteiger partial charge >= 0.3 is 0 Å². The standard InChI is InChI=1S/C23H28N4O3S/c1-4-20(22-24-16-21(25-22)17-11-8-7-9-12-17)26-23(28)18-13-10-14-19(15-18)31(29,30)27(5-2)6-3/h7-16,20H,4-6H2,1-3H3,(H,24,25)(H,26,28). The first-order chi connectivity index (χ1) is 14.9. The summed E-state index contributed by atoms with van der Waals surface area (Å²) >= 11 is 0. The Bertz CT molecular complexity index is 1120. The zero-order chi connectivity index (χ0) is 22.4. The van der Waals surface area contributed by atoms with E-state index in [1.165, 1.54) is 16.4 Å². The normalized spacial score (nSPS) is 12.6. The van der Waals surface area contributed by atoms with Gasteiger partial charge < -0.3 is 10.3 Å². The molecular weight excluding hydrogens is 412 g/mol. The number of aromatic amines is 1. The minimum absolute atomic E-state index is 0.112. The molecule has 3 rings (SSSR count). The number of carbonyl (C=O) groups excluding carboxylic acids is 1. The molecule has 0 spiro atoms. The number of amides is 1. The predicted molar refractivity (Wildman–Crippen MR) is 121 cm³/mol. The minimum atomic E-state index is -3.64. The summed E-state index contributed by atoms with van der Waals surface area (Å²) in [4.78, 5) is 20.7. The largest absolute Gasteiger partial charge is 0.342 e. The quantitative estimate of drug-likeness (QED) is 0.526. The molecule has 1 heterocycles. The van der Waals surface area contributed by atoms with E-state index < -0.39 is 10.0 Å². The maximum absolute atomic E-state index is 12.9. The zero-order valence-electron chi connectivity index (χ0n) is 18.0. The van der Waals surface area contributed by atoms with Crippen molar-refractivity contribution in [3.05, 3.63) is 72.2 Å². The van der Waals surface area contributed by atoms with Gasteiger partial charge in [0.2, 0.25) is 10.0 Å².